The van der Waals surface area contributed by atoms with E-state index in [4.69, 9.17) is 4.74 Å². The minimum absolute atomic E-state index is 0.149. The van der Waals surface area contributed by atoms with Crippen LogP contribution in [0.4, 0.5) is 8.78 Å². The molecule has 0 radical (unpaired) electrons. The predicted octanol–water partition coefficient (Wildman–Crippen LogP) is 3.22. The smallest absolute Gasteiger partial charge is 0.126 e. The number of aliphatic hydroxyl groups excluding tert-OH is 1. The molecule has 0 amide bonds. The molecule has 0 bridgehead atoms. The van der Waals surface area contributed by atoms with Crippen molar-refractivity contribution in [2.24, 2.45) is 0 Å². The molecule has 106 valence electrons. The van der Waals surface area contributed by atoms with E-state index >= 15 is 0 Å². The van der Waals surface area contributed by atoms with E-state index in [2.05, 4.69) is 0 Å². The van der Waals surface area contributed by atoms with E-state index in [0.717, 1.165) is 44.1 Å². The van der Waals surface area contributed by atoms with Gasteiger partial charge >= 0.3 is 0 Å². The molecule has 1 aliphatic rings. The summed E-state index contributed by atoms with van der Waals surface area (Å²) in [5.74, 6) is -0.936. The van der Waals surface area contributed by atoms with Crippen LogP contribution in [0, 0.1) is 11.6 Å². The van der Waals surface area contributed by atoms with Crippen molar-refractivity contribution >= 4 is 0 Å². The Hall–Kier alpha value is -1.00. The van der Waals surface area contributed by atoms with Crippen LogP contribution in [-0.2, 0) is 11.2 Å². The van der Waals surface area contributed by atoms with E-state index in [1.165, 1.54) is 6.42 Å². The van der Waals surface area contributed by atoms with Gasteiger partial charge in [0.1, 0.15) is 11.6 Å². The number of hydrogen-bond acceptors (Lipinski definition) is 2. The lowest BCUT2D eigenvalue weighted by Gasteiger charge is -2.23. The van der Waals surface area contributed by atoms with Crippen LogP contribution in [0.2, 0.25) is 0 Å². The van der Waals surface area contributed by atoms with Gasteiger partial charge in [0, 0.05) is 13.0 Å². The Balaban J connectivity index is 1.80. The number of benzene rings is 1. The number of halogens is 2. The molecular formula is C15H20F2O2. The lowest BCUT2D eigenvalue weighted by molar-refractivity contribution is 0.00229. The number of rotatable bonds is 5. The number of aliphatic hydroxyl groups is 1. The van der Waals surface area contributed by atoms with E-state index in [9.17, 15) is 13.9 Å². The molecule has 1 aliphatic heterocycles. The fourth-order valence-electron chi connectivity index (χ4n) is 2.47. The van der Waals surface area contributed by atoms with Crippen molar-refractivity contribution in [2.75, 3.05) is 6.61 Å². The zero-order chi connectivity index (χ0) is 13.7. The minimum atomic E-state index is -0.651. The summed E-state index contributed by atoms with van der Waals surface area (Å²) in [6.45, 7) is 0.791. The molecule has 2 rings (SSSR count). The van der Waals surface area contributed by atoms with Crippen LogP contribution in [-0.4, -0.2) is 23.9 Å². The predicted molar refractivity (Wildman–Crippen MR) is 68.9 cm³/mol. The Labute approximate surface area is 112 Å². The molecule has 1 heterocycles. The van der Waals surface area contributed by atoms with Crippen molar-refractivity contribution in [2.45, 2.75) is 50.7 Å². The first-order chi connectivity index (χ1) is 9.15. The molecule has 1 fully saturated rings. The summed E-state index contributed by atoms with van der Waals surface area (Å²) in [7, 11) is 0. The number of ether oxygens (including phenoxy) is 1. The lowest BCUT2D eigenvalue weighted by atomic mass is 9.99. The van der Waals surface area contributed by atoms with Gasteiger partial charge in [-0.25, -0.2) is 8.78 Å². The zero-order valence-corrected chi connectivity index (χ0v) is 10.9. The Morgan fingerprint density at radius 3 is 2.89 bits per heavy atom. The highest BCUT2D eigenvalue weighted by Gasteiger charge is 2.17. The highest BCUT2D eigenvalue weighted by atomic mass is 19.1. The third kappa shape index (κ3) is 4.55. The molecule has 0 aromatic heterocycles. The van der Waals surface area contributed by atoms with Gasteiger partial charge in [-0.15, -0.1) is 0 Å². The Morgan fingerprint density at radius 1 is 1.32 bits per heavy atom. The molecule has 0 spiro atoms. The Kier molecular flexibility index (Phi) is 5.28. The van der Waals surface area contributed by atoms with Crippen LogP contribution < -0.4 is 0 Å². The van der Waals surface area contributed by atoms with Gasteiger partial charge in [0.25, 0.3) is 0 Å². The maximum atomic E-state index is 13.4. The Bertz CT molecular complexity index is 403. The van der Waals surface area contributed by atoms with Gasteiger partial charge in [0.2, 0.25) is 0 Å². The standard InChI is InChI=1S/C15H20F2O2/c16-12-4-7-15(17)11(9-12)10-13(18)5-6-14-3-1-2-8-19-14/h4,7,9,13-14,18H,1-3,5-6,8,10H2. The molecule has 1 aromatic rings. The fourth-order valence-corrected chi connectivity index (χ4v) is 2.47. The molecule has 0 aliphatic carbocycles. The molecule has 19 heavy (non-hydrogen) atoms. The average Bonchev–Trinajstić information content (AvgIpc) is 2.42. The van der Waals surface area contributed by atoms with Crippen LogP contribution >= 0.6 is 0 Å². The highest BCUT2D eigenvalue weighted by Crippen LogP contribution is 2.19. The zero-order valence-electron chi connectivity index (χ0n) is 10.9. The fraction of sp³-hybridized carbons (Fsp3) is 0.600. The highest BCUT2D eigenvalue weighted by molar-refractivity contribution is 5.19. The molecular weight excluding hydrogens is 250 g/mol. The van der Waals surface area contributed by atoms with Gasteiger partial charge in [-0.1, -0.05) is 0 Å². The van der Waals surface area contributed by atoms with Gasteiger partial charge < -0.3 is 9.84 Å². The minimum Gasteiger partial charge on any atom is -0.393 e. The third-order valence-electron chi connectivity index (χ3n) is 3.56. The molecule has 1 saturated heterocycles. The lowest BCUT2D eigenvalue weighted by Crippen LogP contribution is -2.22. The Morgan fingerprint density at radius 2 is 2.16 bits per heavy atom. The largest absolute Gasteiger partial charge is 0.393 e. The normalized spacial score (nSPS) is 21.3. The summed E-state index contributed by atoms with van der Waals surface area (Å²) in [4.78, 5) is 0. The monoisotopic (exact) mass is 270 g/mol. The van der Waals surface area contributed by atoms with E-state index in [1.54, 1.807) is 0 Å². The van der Waals surface area contributed by atoms with Crippen LogP contribution in [0.5, 0.6) is 0 Å². The van der Waals surface area contributed by atoms with Crippen molar-refractivity contribution in [1.29, 1.82) is 0 Å². The van der Waals surface area contributed by atoms with E-state index in [-0.39, 0.29) is 18.1 Å². The van der Waals surface area contributed by atoms with Gasteiger partial charge in [-0.3, -0.25) is 0 Å². The van der Waals surface area contributed by atoms with Crippen molar-refractivity contribution in [3.05, 3.63) is 35.4 Å². The van der Waals surface area contributed by atoms with E-state index < -0.39 is 17.7 Å². The van der Waals surface area contributed by atoms with Crippen LogP contribution in [0.15, 0.2) is 18.2 Å². The average molecular weight is 270 g/mol. The first-order valence-electron chi connectivity index (χ1n) is 6.89. The second kappa shape index (κ2) is 6.96. The summed E-state index contributed by atoms with van der Waals surface area (Å²) in [6.07, 6.45) is 4.34. The van der Waals surface area contributed by atoms with E-state index in [0.29, 0.717) is 6.42 Å². The van der Waals surface area contributed by atoms with Crippen LogP contribution in [0.1, 0.15) is 37.7 Å². The quantitative estimate of drug-likeness (QED) is 0.890. The molecule has 2 nitrogen and oxygen atoms in total. The first-order valence-corrected chi connectivity index (χ1v) is 6.89. The first kappa shape index (κ1) is 14.4. The van der Waals surface area contributed by atoms with Crippen molar-refractivity contribution in [3.63, 3.8) is 0 Å². The van der Waals surface area contributed by atoms with Crippen LogP contribution in [0.3, 0.4) is 0 Å². The maximum Gasteiger partial charge on any atom is 0.126 e. The summed E-state index contributed by atoms with van der Waals surface area (Å²) >= 11 is 0. The van der Waals surface area contributed by atoms with Crippen molar-refractivity contribution in [3.8, 4) is 0 Å². The van der Waals surface area contributed by atoms with Gasteiger partial charge in [0.05, 0.1) is 12.2 Å². The number of hydrogen-bond donors (Lipinski definition) is 1. The molecule has 1 N–H and O–H groups in total. The molecule has 1 aromatic carbocycles. The van der Waals surface area contributed by atoms with Crippen molar-refractivity contribution < 1.29 is 18.6 Å². The summed E-state index contributed by atoms with van der Waals surface area (Å²) < 4.78 is 32.0. The third-order valence-corrected chi connectivity index (χ3v) is 3.56. The summed E-state index contributed by atoms with van der Waals surface area (Å²) in [5, 5.41) is 9.90. The molecule has 0 saturated carbocycles. The second-order valence-electron chi connectivity index (χ2n) is 5.16. The molecule has 2 atom stereocenters. The van der Waals surface area contributed by atoms with Crippen molar-refractivity contribution in [1.82, 2.24) is 0 Å². The molecule has 4 heteroatoms. The molecule has 2 unspecified atom stereocenters. The van der Waals surface area contributed by atoms with Gasteiger partial charge in [-0.2, -0.15) is 0 Å². The van der Waals surface area contributed by atoms with Crippen LogP contribution in [0.25, 0.3) is 0 Å². The summed E-state index contributed by atoms with van der Waals surface area (Å²) in [5.41, 5.74) is 0.233. The topological polar surface area (TPSA) is 29.5 Å². The SMILES string of the molecule is OC(CCC1CCCCO1)Cc1cc(F)ccc1F. The van der Waals surface area contributed by atoms with E-state index in [1.807, 2.05) is 0 Å². The maximum absolute atomic E-state index is 13.4. The van der Waals surface area contributed by atoms with Gasteiger partial charge in [0.15, 0.2) is 0 Å². The van der Waals surface area contributed by atoms with Gasteiger partial charge in [-0.05, 0) is 55.9 Å². The summed E-state index contributed by atoms with van der Waals surface area (Å²) in [6, 6.07) is 3.33. The second-order valence-corrected chi connectivity index (χ2v) is 5.16.